The third-order valence-corrected chi connectivity index (χ3v) is 4.98. The molecule has 0 unspecified atom stereocenters. The Bertz CT molecular complexity index is 1440. The van der Waals surface area contributed by atoms with E-state index in [9.17, 15) is 14.4 Å². The maximum atomic E-state index is 14.0. The van der Waals surface area contributed by atoms with Gasteiger partial charge in [0.05, 0.1) is 41.7 Å². The summed E-state index contributed by atoms with van der Waals surface area (Å²) in [5, 5.41) is 21.5. The monoisotopic (exact) mass is 414 g/mol. The molecular formula is C23H17FN5O2. The Balaban J connectivity index is 1.88. The molecule has 0 saturated heterocycles. The van der Waals surface area contributed by atoms with Crippen molar-refractivity contribution in [3.8, 4) is 22.9 Å². The number of fused-ring (bicyclic) bond motifs is 1. The van der Waals surface area contributed by atoms with Crippen molar-refractivity contribution in [2.24, 2.45) is 7.05 Å². The van der Waals surface area contributed by atoms with Crippen LogP contribution in [-0.4, -0.2) is 27.1 Å². The van der Waals surface area contributed by atoms with Gasteiger partial charge in [0, 0.05) is 24.1 Å². The van der Waals surface area contributed by atoms with E-state index in [2.05, 4.69) is 28.3 Å². The number of allylic oxidation sites excluding steroid dienone is 1. The molecule has 8 heteroatoms. The van der Waals surface area contributed by atoms with Crippen molar-refractivity contribution in [2.75, 3.05) is 7.11 Å². The third kappa shape index (κ3) is 3.69. The molecule has 0 fully saturated rings. The number of aromatic amines is 1. The second-order valence-electron chi connectivity index (χ2n) is 6.88. The molecule has 4 rings (SSSR count). The highest BCUT2D eigenvalue weighted by molar-refractivity contribution is 5.94. The summed E-state index contributed by atoms with van der Waals surface area (Å²) in [5.74, 6) is -0.187. The third-order valence-electron chi connectivity index (χ3n) is 4.98. The first-order valence-electron chi connectivity index (χ1n) is 9.24. The van der Waals surface area contributed by atoms with Crippen LogP contribution in [0.15, 0.2) is 47.4 Å². The highest BCUT2D eigenvalue weighted by Crippen LogP contribution is 2.30. The number of ether oxygens (including phenoxy) is 1. The van der Waals surface area contributed by atoms with Gasteiger partial charge in [-0.1, -0.05) is 6.07 Å². The number of aryl methyl sites for hydroxylation is 1. The minimum Gasteiger partial charge on any atom is -0.497 e. The molecule has 2 aromatic heterocycles. The van der Waals surface area contributed by atoms with Crippen LogP contribution in [-0.2, 0) is 7.05 Å². The first-order valence-corrected chi connectivity index (χ1v) is 9.24. The van der Waals surface area contributed by atoms with Crippen molar-refractivity contribution >= 4 is 22.4 Å². The summed E-state index contributed by atoms with van der Waals surface area (Å²) in [7, 11) is 3.18. The Morgan fingerprint density at radius 3 is 2.84 bits per heavy atom. The Morgan fingerprint density at radius 1 is 1.29 bits per heavy atom. The Morgan fingerprint density at radius 2 is 2.10 bits per heavy atom. The number of halogens is 1. The van der Waals surface area contributed by atoms with Gasteiger partial charge in [-0.3, -0.25) is 9.48 Å². The number of nitriles is 1. The summed E-state index contributed by atoms with van der Waals surface area (Å²) in [6, 6.07) is 11.5. The van der Waals surface area contributed by atoms with Gasteiger partial charge in [0.25, 0.3) is 5.56 Å². The molecule has 0 aliphatic carbocycles. The second kappa shape index (κ2) is 7.88. The van der Waals surface area contributed by atoms with Gasteiger partial charge in [0.2, 0.25) is 0 Å². The summed E-state index contributed by atoms with van der Waals surface area (Å²) in [5.41, 5.74) is 2.94. The summed E-state index contributed by atoms with van der Waals surface area (Å²) < 4.78 is 20.7. The van der Waals surface area contributed by atoms with E-state index >= 15 is 0 Å². The lowest BCUT2D eigenvalue weighted by Crippen LogP contribution is -2.09. The fraction of sp³-hybridized carbons (Fsp3) is 0.0870. The molecule has 0 bridgehead atoms. The van der Waals surface area contributed by atoms with Crippen LogP contribution in [0.25, 0.3) is 33.5 Å². The molecule has 2 aromatic carbocycles. The number of hydrogen-bond donors (Lipinski definition) is 1. The normalized spacial score (nSPS) is 11.5. The number of hydrogen-bond acceptors (Lipinski definition) is 5. The summed E-state index contributed by atoms with van der Waals surface area (Å²) in [6.07, 6.45) is 3.30. The highest BCUT2D eigenvalue weighted by atomic mass is 19.1. The predicted molar refractivity (Wildman–Crippen MR) is 115 cm³/mol. The fourth-order valence-electron chi connectivity index (χ4n) is 3.38. The van der Waals surface area contributed by atoms with Gasteiger partial charge in [-0.2, -0.15) is 15.5 Å². The largest absolute Gasteiger partial charge is 0.497 e. The van der Waals surface area contributed by atoms with E-state index in [1.165, 1.54) is 19.2 Å². The molecule has 1 N–H and O–H groups in total. The Hall–Kier alpha value is -4.25. The summed E-state index contributed by atoms with van der Waals surface area (Å²) in [6.45, 7) is 3.87. The average Bonchev–Trinajstić information content (AvgIpc) is 3.13. The van der Waals surface area contributed by atoms with Crippen LogP contribution in [0.1, 0.15) is 17.0 Å². The maximum absolute atomic E-state index is 14.0. The molecule has 31 heavy (non-hydrogen) atoms. The average molecular weight is 414 g/mol. The number of H-pyrrole nitrogens is 1. The van der Waals surface area contributed by atoms with Crippen LogP contribution in [0.3, 0.4) is 0 Å². The van der Waals surface area contributed by atoms with Gasteiger partial charge in [0.1, 0.15) is 11.6 Å². The van der Waals surface area contributed by atoms with Gasteiger partial charge in [-0.15, -0.1) is 0 Å². The van der Waals surface area contributed by atoms with Crippen molar-refractivity contribution in [3.05, 3.63) is 82.6 Å². The molecule has 4 aromatic rings. The number of nitrogens with one attached hydrogen (secondary N) is 1. The zero-order chi connectivity index (χ0) is 22.1. The van der Waals surface area contributed by atoms with E-state index in [1.807, 2.05) is 6.07 Å². The van der Waals surface area contributed by atoms with E-state index in [-0.39, 0.29) is 11.1 Å². The SMILES string of the molecule is [CH2]c1n[nH]c(=O)c2ccc(-c3cnn(C)c3C=C(C#N)c3cc(F)cc(OC)c3)cc12. The quantitative estimate of drug-likeness (QED) is 0.514. The van der Waals surface area contributed by atoms with Crippen molar-refractivity contribution in [1.29, 1.82) is 5.26 Å². The lowest BCUT2D eigenvalue weighted by molar-refractivity contribution is 0.411. The van der Waals surface area contributed by atoms with E-state index in [1.54, 1.807) is 42.2 Å². The van der Waals surface area contributed by atoms with Crippen LogP contribution in [0.2, 0.25) is 0 Å². The van der Waals surface area contributed by atoms with Crippen molar-refractivity contribution in [3.63, 3.8) is 0 Å². The van der Waals surface area contributed by atoms with Crippen molar-refractivity contribution in [1.82, 2.24) is 20.0 Å². The number of nitrogens with zero attached hydrogens (tertiary/aromatic N) is 4. The van der Waals surface area contributed by atoms with Gasteiger partial charge in [-0.25, -0.2) is 9.49 Å². The number of methoxy groups -OCH3 is 1. The van der Waals surface area contributed by atoms with Crippen LogP contribution >= 0.6 is 0 Å². The lowest BCUT2D eigenvalue weighted by atomic mass is 9.99. The van der Waals surface area contributed by atoms with Crippen LogP contribution in [0.4, 0.5) is 4.39 Å². The minimum absolute atomic E-state index is 0.249. The van der Waals surface area contributed by atoms with Gasteiger partial charge >= 0.3 is 0 Å². The lowest BCUT2D eigenvalue weighted by Gasteiger charge is -2.07. The van der Waals surface area contributed by atoms with Crippen molar-refractivity contribution < 1.29 is 9.13 Å². The smallest absolute Gasteiger partial charge is 0.272 e. The Labute approximate surface area is 177 Å². The zero-order valence-electron chi connectivity index (χ0n) is 16.8. The molecule has 0 amide bonds. The molecule has 153 valence electrons. The summed E-state index contributed by atoms with van der Waals surface area (Å²) in [4.78, 5) is 12.0. The van der Waals surface area contributed by atoms with E-state index in [0.717, 1.165) is 11.1 Å². The van der Waals surface area contributed by atoms with Crippen LogP contribution in [0.5, 0.6) is 5.75 Å². The van der Waals surface area contributed by atoms with Crippen molar-refractivity contribution in [2.45, 2.75) is 0 Å². The molecule has 0 saturated carbocycles. The fourth-order valence-corrected chi connectivity index (χ4v) is 3.38. The molecule has 7 nitrogen and oxygen atoms in total. The standard InChI is InChI=1S/C23H17FN5O2/c1-13-20-8-14(4-5-19(20)23(30)28-27-13)21-12-26-29(2)22(21)9-16(11-25)15-6-17(24)10-18(7-15)31-3/h4-10,12H,1H2,2-3H3,(H,28,30). The number of aromatic nitrogens is 4. The predicted octanol–water partition coefficient (Wildman–Crippen LogP) is 3.72. The minimum atomic E-state index is -0.504. The van der Waals surface area contributed by atoms with Gasteiger partial charge in [-0.05, 0) is 48.4 Å². The summed E-state index contributed by atoms with van der Waals surface area (Å²) >= 11 is 0. The second-order valence-corrected chi connectivity index (χ2v) is 6.88. The first-order chi connectivity index (χ1) is 14.9. The molecule has 0 atom stereocenters. The first kappa shape index (κ1) is 20.0. The van der Waals surface area contributed by atoms with Crippen LogP contribution < -0.4 is 10.3 Å². The molecule has 1 radical (unpaired) electrons. The molecule has 0 aliphatic rings. The van der Waals surface area contributed by atoms with E-state index in [4.69, 9.17) is 4.74 Å². The molecular weight excluding hydrogens is 397 g/mol. The van der Waals surface area contributed by atoms with Gasteiger partial charge < -0.3 is 4.74 Å². The zero-order valence-corrected chi connectivity index (χ0v) is 16.8. The number of benzene rings is 2. The maximum Gasteiger partial charge on any atom is 0.272 e. The van der Waals surface area contributed by atoms with E-state index in [0.29, 0.717) is 33.5 Å². The highest BCUT2D eigenvalue weighted by Gasteiger charge is 2.14. The Kier molecular flexibility index (Phi) is 5.09. The topological polar surface area (TPSA) is 96.6 Å². The molecule has 0 spiro atoms. The van der Waals surface area contributed by atoms with Crippen LogP contribution in [0, 0.1) is 24.1 Å². The molecule has 0 aliphatic heterocycles. The number of rotatable bonds is 4. The van der Waals surface area contributed by atoms with Gasteiger partial charge in [0.15, 0.2) is 0 Å². The van der Waals surface area contributed by atoms with E-state index < -0.39 is 5.82 Å². The molecule has 2 heterocycles.